The van der Waals surface area contributed by atoms with E-state index in [0.29, 0.717) is 5.41 Å². The summed E-state index contributed by atoms with van der Waals surface area (Å²) in [6.07, 6.45) is 3.81. The summed E-state index contributed by atoms with van der Waals surface area (Å²) in [6, 6.07) is 0. The Bertz CT molecular complexity index is 148. The Hall–Kier alpha value is 0. The average Bonchev–Trinajstić information content (AvgIpc) is 2.47. The molecule has 0 bridgehead atoms. The van der Waals surface area contributed by atoms with Gasteiger partial charge in [0, 0.05) is 6.54 Å². The molecule has 3 nitrogen and oxygen atoms in total. The van der Waals surface area contributed by atoms with Gasteiger partial charge in [0.25, 0.3) is 0 Å². The second-order valence-electron chi connectivity index (χ2n) is 3.37. The number of hydrogen-bond acceptors (Lipinski definition) is 1. The van der Waals surface area contributed by atoms with E-state index >= 15 is 0 Å². The molecule has 0 unspecified atom stereocenters. The van der Waals surface area contributed by atoms with E-state index in [2.05, 4.69) is 11.9 Å². The van der Waals surface area contributed by atoms with Gasteiger partial charge in [0.2, 0.25) is 0 Å². The van der Waals surface area contributed by atoms with Crippen LogP contribution in [0.1, 0.15) is 26.2 Å². The zero-order chi connectivity index (χ0) is 7.61. The fraction of sp³-hybridized carbons (Fsp3) is 0.857. The molecule has 0 aromatic rings. The molecule has 1 aliphatic carbocycles. The molecule has 1 fully saturated rings. The Morgan fingerprint density at radius 3 is 2.36 bits per heavy atom. The van der Waals surface area contributed by atoms with Gasteiger partial charge in [-0.3, -0.25) is 4.99 Å². The van der Waals surface area contributed by atoms with Gasteiger partial charge >= 0.3 is 0 Å². The average molecular weight is 269 g/mol. The van der Waals surface area contributed by atoms with Gasteiger partial charge < -0.3 is 11.5 Å². The number of nitrogens with two attached hydrogens (primary N) is 2. The minimum absolute atomic E-state index is 0. The van der Waals surface area contributed by atoms with Gasteiger partial charge in [-0.25, -0.2) is 0 Å². The summed E-state index contributed by atoms with van der Waals surface area (Å²) in [7, 11) is 0. The van der Waals surface area contributed by atoms with Crippen molar-refractivity contribution in [2.75, 3.05) is 6.54 Å². The maximum atomic E-state index is 5.17. The van der Waals surface area contributed by atoms with Crippen molar-refractivity contribution in [3.05, 3.63) is 0 Å². The highest BCUT2D eigenvalue weighted by molar-refractivity contribution is 14.0. The maximum absolute atomic E-state index is 5.17. The van der Waals surface area contributed by atoms with Crippen molar-refractivity contribution in [3.63, 3.8) is 0 Å². The number of aliphatic imine (C=N–C) groups is 1. The van der Waals surface area contributed by atoms with Gasteiger partial charge in [-0.15, -0.1) is 24.0 Å². The molecule has 0 spiro atoms. The van der Waals surface area contributed by atoms with Crippen molar-refractivity contribution in [1.82, 2.24) is 0 Å². The van der Waals surface area contributed by atoms with E-state index in [9.17, 15) is 0 Å². The second kappa shape index (κ2) is 4.13. The van der Waals surface area contributed by atoms with Crippen LogP contribution in [0.2, 0.25) is 0 Å². The SMILES string of the molecule is CC1(CCN=C(N)N)CC1.I. The quantitative estimate of drug-likeness (QED) is 0.457. The summed E-state index contributed by atoms with van der Waals surface area (Å²) < 4.78 is 0. The highest BCUT2D eigenvalue weighted by Gasteiger charge is 2.36. The Kier molecular flexibility index (Phi) is 4.13. The third-order valence-corrected chi connectivity index (χ3v) is 2.11. The van der Waals surface area contributed by atoms with E-state index in [1.165, 1.54) is 12.8 Å². The number of rotatable bonds is 3. The van der Waals surface area contributed by atoms with E-state index in [-0.39, 0.29) is 29.9 Å². The van der Waals surface area contributed by atoms with E-state index < -0.39 is 0 Å². The molecule has 1 aliphatic rings. The van der Waals surface area contributed by atoms with Gasteiger partial charge in [-0.05, 0) is 24.7 Å². The van der Waals surface area contributed by atoms with Crippen LogP contribution in [0.25, 0.3) is 0 Å². The van der Waals surface area contributed by atoms with Crippen molar-refractivity contribution in [2.45, 2.75) is 26.2 Å². The van der Waals surface area contributed by atoms with E-state index in [1.54, 1.807) is 0 Å². The van der Waals surface area contributed by atoms with E-state index in [4.69, 9.17) is 11.5 Å². The molecule has 11 heavy (non-hydrogen) atoms. The lowest BCUT2D eigenvalue weighted by Gasteiger charge is -2.03. The molecule has 4 heteroatoms. The normalized spacial score (nSPS) is 18.3. The maximum Gasteiger partial charge on any atom is 0.185 e. The third-order valence-electron chi connectivity index (χ3n) is 2.11. The lowest BCUT2D eigenvalue weighted by molar-refractivity contribution is 0.528. The lowest BCUT2D eigenvalue weighted by atomic mass is 10.1. The molecule has 4 N–H and O–H groups in total. The van der Waals surface area contributed by atoms with Crippen LogP contribution in [0.15, 0.2) is 4.99 Å². The van der Waals surface area contributed by atoms with Crippen LogP contribution in [0.4, 0.5) is 0 Å². The van der Waals surface area contributed by atoms with Crippen LogP contribution in [0.5, 0.6) is 0 Å². The van der Waals surface area contributed by atoms with Crippen LogP contribution in [-0.2, 0) is 0 Å². The number of nitrogens with zero attached hydrogens (tertiary/aromatic N) is 1. The Morgan fingerprint density at radius 2 is 2.00 bits per heavy atom. The first-order valence-electron chi connectivity index (χ1n) is 3.68. The minimum atomic E-state index is 0. The van der Waals surface area contributed by atoms with E-state index in [1.807, 2.05) is 0 Å². The fourth-order valence-electron chi connectivity index (χ4n) is 0.918. The van der Waals surface area contributed by atoms with Crippen molar-refractivity contribution >= 4 is 29.9 Å². The first kappa shape index (κ1) is 11.0. The van der Waals surface area contributed by atoms with Crippen LogP contribution in [-0.4, -0.2) is 12.5 Å². The van der Waals surface area contributed by atoms with Crippen LogP contribution >= 0.6 is 24.0 Å². The summed E-state index contributed by atoms with van der Waals surface area (Å²) in [5.74, 6) is 0.212. The van der Waals surface area contributed by atoms with Gasteiger partial charge in [-0.1, -0.05) is 6.92 Å². The predicted octanol–water partition coefficient (Wildman–Crippen LogP) is 1.07. The fourth-order valence-corrected chi connectivity index (χ4v) is 0.918. The largest absolute Gasteiger partial charge is 0.370 e. The molecular formula is C7H16IN3. The number of guanidine groups is 1. The summed E-state index contributed by atoms with van der Waals surface area (Å²) >= 11 is 0. The van der Waals surface area contributed by atoms with Crippen molar-refractivity contribution in [3.8, 4) is 0 Å². The van der Waals surface area contributed by atoms with Gasteiger partial charge in [-0.2, -0.15) is 0 Å². The number of halogens is 1. The second-order valence-corrected chi connectivity index (χ2v) is 3.37. The van der Waals surface area contributed by atoms with Crippen LogP contribution in [0, 0.1) is 5.41 Å². The molecule has 0 amide bonds. The standard InChI is InChI=1S/C7H15N3.HI/c1-7(2-3-7)4-5-10-6(8)9;/h2-5H2,1H3,(H4,8,9,10);1H. The molecular weight excluding hydrogens is 253 g/mol. The predicted molar refractivity (Wildman–Crippen MR) is 58.0 cm³/mol. The first-order chi connectivity index (χ1) is 4.62. The Balaban J connectivity index is 0.000001000. The zero-order valence-electron chi connectivity index (χ0n) is 6.84. The molecule has 0 aromatic heterocycles. The molecule has 0 aromatic carbocycles. The van der Waals surface area contributed by atoms with Crippen LogP contribution < -0.4 is 11.5 Å². The van der Waals surface area contributed by atoms with Crippen LogP contribution in [0.3, 0.4) is 0 Å². The molecule has 1 saturated carbocycles. The van der Waals surface area contributed by atoms with Crippen molar-refractivity contribution in [2.24, 2.45) is 21.9 Å². The zero-order valence-corrected chi connectivity index (χ0v) is 9.17. The van der Waals surface area contributed by atoms with E-state index in [0.717, 1.165) is 13.0 Å². The molecule has 0 radical (unpaired) electrons. The van der Waals surface area contributed by atoms with Gasteiger partial charge in [0.15, 0.2) is 5.96 Å². The summed E-state index contributed by atoms with van der Waals surface area (Å²) in [6.45, 7) is 3.06. The highest BCUT2D eigenvalue weighted by atomic mass is 127. The van der Waals surface area contributed by atoms with Gasteiger partial charge in [0.1, 0.15) is 0 Å². The molecule has 0 aliphatic heterocycles. The first-order valence-corrected chi connectivity index (χ1v) is 3.68. The molecule has 0 atom stereocenters. The topological polar surface area (TPSA) is 64.4 Å². The monoisotopic (exact) mass is 269 g/mol. The van der Waals surface area contributed by atoms with Crippen molar-refractivity contribution in [1.29, 1.82) is 0 Å². The summed E-state index contributed by atoms with van der Waals surface area (Å²) in [5, 5.41) is 0. The molecule has 66 valence electrons. The highest BCUT2D eigenvalue weighted by Crippen LogP contribution is 2.47. The van der Waals surface area contributed by atoms with Crippen molar-refractivity contribution < 1.29 is 0 Å². The molecule has 0 heterocycles. The lowest BCUT2D eigenvalue weighted by Crippen LogP contribution is -2.23. The Labute approximate surface area is 84.6 Å². The molecule has 0 saturated heterocycles. The summed E-state index contributed by atoms with van der Waals surface area (Å²) in [4.78, 5) is 3.92. The summed E-state index contributed by atoms with van der Waals surface area (Å²) in [5.41, 5.74) is 10.9. The van der Waals surface area contributed by atoms with Gasteiger partial charge in [0.05, 0.1) is 0 Å². The third kappa shape index (κ3) is 4.44. The Morgan fingerprint density at radius 1 is 1.45 bits per heavy atom. The molecule has 1 rings (SSSR count). The minimum Gasteiger partial charge on any atom is -0.370 e. The smallest absolute Gasteiger partial charge is 0.185 e. The number of hydrogen-bond donors (Lipinski definition) is 2.